The number of amides is 2. The van der Waals surface area contributed by atoms with Crippen molar-refractivity contribution in [2.75, 3.05) is 23.4 Å². The van der Waals surface area contributed by atoms with Crippen LogP contribution in [0.1, 0.15) is 37.6 Å². The lowest BCUT2D eigenvalue weighted by atomic mass is 9.87. The number of carbonyl (C=O) groups is 3. The van der Waals surface area contributed by atoms with E-state index in [1.165, 1.54) is 29.2 Å². The zero-order chi connectivity index (χ0) is 26.4. The molecule has 0 saturated heterocycles. The highest BCUT2D eigenvalue weighted by Gasteiger charge is 2.45. The molecule has 2 heterocycles. The van der Waals surface area contributed by atoms with Gasteiger partial charge in [0.15, 0.2) is 18.3 Å². The van der Waals surface area contributed by atoms with E-state index in [0.717, 1.165) is 12.1 Å². The van der Waals surface area contributed by atoms with Crippen LogP contribution in [-0.2, 0) is 19.6 Å². The van der Waals surface area contributed by atoms with E-state index in [2.05, 4.69) is 9.71 Å². The number of rotatable bonds is 6. The number of nitrogens with one attached hydrogen (secondary N) is 1. The van der Waals surface area contributed by atoms with Gasteiger partial charge in [0.1, 0.15) is 22.3 Å². The molecule has 1 atom stereocenters. The Bertz CT molecular complexity index is 1410. The van der Waals surface area contributed by atoms with Gasteiger partial charge in [0, 0.05) is 18.2 Å². The standard InChI is InChI=1S/C24H25FN4O6S/c1-24(2,3)8-9-29-17-7-4-13(25)10-15(17)21(31)20(23(29)32)22-27-16-6-5-14(35-12-19(26)30)11-18(16)36(33,34)28-22/h4-7,10-11,20H,8-9,12H2,1-3H3,(H2,26,30)(H,27,28). The number of halogens is 1. The molecule has 4 rings (SSSR count). The molecule has 0 saturated carbocycles. The number of amidine groups is 1. The van der Waals surface area contributed by atoms with Gasteiger partial charge < -0.3 is 20.7 Å². The van der Waals surface area contributed by atoms with Gasteiger partial charge in [-0.15, -0.1) is 4.40 Å². The molecule has 0 radical (unpaired) electrons. The number of benzene rings is 2. The van der Waals surface area contributed by atoms with Gasteiger partial charge in [-0.05, 0) is 42.2 Å². The maximum atomic E-state index is 14.1. The Morgan fingerprint density at radius 3 is 2.58 bits per heavy atom. The Hall–Kier alpha value is -3.80. The highest BCUT2D eigenvalue weighted by Crippen LogP contribution is 2.37. The van der Waals surface area contributed by atoms with Crippen LogP contribution in [0.15, 0.2) is 45.7 Å². The molecule has 36 heavy (non-hydrogen) atoms. The van der Waals surface area contributed by atoms with Crippen LogP contribution in [0.3, 0.4) is 0 Å². The largest absolute Gasteiger partial charge is 0.484 e. The summed E-state index contributed by atoms with van der Waals surface area (Å²) in [4.78, 5) is 39.0. The molecule has 10 nitrogen and oxygen atoms in total. The summed E-state index contributed by atoms with van der Waals surface area (Å²) >= 11 is 0. The van der Waals surface area contributed by atoms with Crippen LogP contribution in [0.2, 0.25) is 0 Å². The number of nitrogens with zero attached hydrogens (tertiary/aromatic N) is 2. The van der Waals surface area contributed by atoms with Gasteiger partial charge in [-0.2, -0.15) is 8.42 Å². The predicted octanol–water partition coefficient (Wildman–Crippen LogP) is 2.48. The Morgan fingerprint density at radius 2 is 1.92 bits per heavy atom. The van der Waals surface area contributed by atoms with E-state index < -0.39 is 46.0 Å². The summed E-state index contributed by atoms with van der Waals surface area (Å²) in [6.07, 6.45) is 0.575. The molecule has 0 bridgehead atoms. The lowest BCUT2D eigenvalue weighted by molar-refractivity contribution is -0.120. The van der Waals surface area contributed by atoms with Crippen LogP contribution in [-0.4, -0.2) is 45.0 Å². The van der Waals surface area contributed by atoms with Crippen LogP contribution in [0.4, 0.5) is 15.8 Å². The van der Waals surface area contributed by atoms with E-state index in [1.54, 1.807) is 0 Å². The van der Waals surface area contributed by atoms with Crippen LogP contribution in [0, 0.1) is 17.2 Å². The topological polar surface area (TPSA) is 148 Å². The van der Waals surface area contributed by atoms with Gasteiger partial charge in [0.25, 0.3) is 15.9 Å². The number of Topliss-reactive ketones (excluding diaryl/α,β-unsaturated/α-hetero) is 1. The predicted molar refractivity (Wildman–Crippen MR) is 130 cm³/mol. The normalized spacial score (nSPS) is 18.6. The maximum absolute atomic E-state index is 14.1. The minimum atomic E-state index is -4.35. The molecule has 0 aromatic heterocycles. The number of sulfonamides is 1. The van der Waals surface area contributed by atoms with Gasteiger partial charge in [0.2, 0.25) is 5.91 Å². The molecule has 12 heteroatoms. The summed E-state index contributed by atoms with van der Waals surface area (Å²) in [7, 11) is -4.35. The Balaban J connectivity index is 1.74. The number of primary amides is 1. The molecule has 2 aliphatic heterocycles. The van der Waals surface area contributed by atoms with Crippen LogP contribution in [0.5, 0.6) is 5.75 Å². The van der Waals surface area contributed by atoms with E-state index in [9.17, 15) is 27.2 Å². The summed E-state index contributed by atoms with van der Waals surface area (Å²) in [5, 5.41) is 2.78. The molecule has 2 aliphatic rings. The fourth-order valence-electron chi connectivity index (χ4n) is 3.93. The Morgan fingerprint density at radius 1 is 1.19 bits per heavy atom. The fourth-order valence-corrected chi connectivity index (χ4v) is 5.10. The molecule has 0 spiro atoms. The zero-order valence-corrected chi connectivity index (χ0v) is 20.7. The highest BCUT2D eigenvalue weighted by atomic mass is 32.2. The first-order valence-corrected chi connectivity index (χ1v) is 12.5. The number of hydrogen-bond donors (Lipinski definition) is 2. The molecule has 0 fully saturated rings. The van der Waals surface area contributed by atoms with Gasteiger partial charge in [-0.3, -0.25) is 14.4 Å². The summed E-state index contributed by atoms with van der Waals surface area (Å²) in [6.45, 7) is 5.77. The van der Waals surface area contributed by atoms with Crippen LogP contribution >= 0.6 is 0 Å². The first-order valence-electron chi connectivity index (χ1n) is 11.1. The van der Waals surface area contributed by atoms with Crippen molar-refractivity contribution in [1.29, 1.82) is 0 Å². The Kier molecular flexibility index (Phi) is 6.33. The number of ether oxygens (including phenoxy) is 1. The van der Waals surface area contributed by atoms with Crippen molar-refractivity contribution in [2.24, 2.45) is 21.5 Å². The van der Waals surface area contributed by atoms with E-state index in [4.69, 9.17) is 10.5 Å². The maximum Gasteiger partial charge on any atom is 0.286 e. The number of ketones is 1. The van der Waals surface area contributed by atoms with Crippen molar-refractivity contribution in [3.63, 3.8) is 0 Å². The third kappa shape index (κ3) is 4.94. The van der Waals surface area contributed by atoms with Gasteiger partial charge in [0.05, 0.1) is 11.4 Å². The third-order valence-corrected chi connectivity index (χ3v) is 7.07. The Labute approximate surface area is 207 Å². The minimum Gasteiger partial charge on any atom is -0.484 e. The number of nitrogens with two attached hydrogens (primary N) is 1. The molecule has 2 aromatic carbocycles. The fraction of sp³-hybridized carbons (Fsp3) is 0.333. The van der Waals surface area contributed by atoms with E-state index in [1.807, 2.05) is 20.8 Å². The average molecular weight is 517 g/mol. The third-order valence-electron chi connectivity index (χ3n) is 5.74. The lowest BCUT2D eigenvalue weighted by Gasteiger charge is -2.35. The van der Waals surface area contributed by atoms with Crippen molar-refractivity contribution in [1.82, 2.24) is 0 Å². The van der Waals surface area contributed by atoms with Crippen molar-refractivity contribution in [3.8, 4) is 5.75 Å². The lowest BCUT2D eigenvalue weighted by Crippen LogP contribution is -2.51. The number of carbonyl (C=O) groups excluding carboxylic acids is 3. The molecule has 2 amide bonds. The van der Waals surface area contributed by atoms with Crippen LogP contribution in [0.25, 0.3) is 0 Å². The minimum absolute atomic E-state index is 0.0311. The molecule has 190 valence electrons. The summed E-state index contributed by atoms with van der Waals surface area (Å²) in [5.41, 5.74) is 5.21. The average Bonchev–Trinajstić information content (AvgIpc) is 2.77. The number of anilines is 2. The summed E-state index contributed by atoms with van der Waals surface area (Å²) in [6, 6.07) is 7.49. The molecule has 3 N–H and O–H groups in total. The number of fused-ring (bicyclic) bond motifs is 2. The van der Waals surface area contributed by atoms with Gasteiger partial charge >= 0.3 is 0 Å². The first-order chi connectivity index (χ1) is 16.8. The van der Waals surface area contributed by atoms with Crippen molar-refractivity contribution in [2.45, 2.75) is 32.1 Å². The quantitative estimate of drug-likeness (QED) is 0.560. The monoisotopic (exact) mass is 516 g/mol. The molecule has 0 aliphatic carbocycles. The SMILES string of the molecule is CC(C)(C)CCN1C(=O)C(C2=NS(=O)(=O)c3cc(OCC(N)=O)ccc3N2)C(=O)c2cc(F)ccc21. The van der Waals surface area contributed by atoms with Gasteiger partial charge in [-0.1, -0.05) is 20.8 Å². The van der Waals surface area contributed by atoms with E-state index >= 15 is 0 Å². The van der Waals surface area contributed by atoms with Crippen LogP contribution < -0.4 is 20.7 Å². The summed E-state index contributed by atoms with van der Waals surface area (Å²) < 4.78 is 48.9. The zero-order valence-electron chi connectivity index (χ0n) is 19.9. The molecule has 1 unspecified atom stereocenters. The molecular formula is C24H25FN4O6S. The summed E-state index contributed by atoms with van der Waals surface area (Å²) in [5.74, 6) is -4.73. The molecule has 2 aromatic rings. The van der Waals surface area contributed by atoms with Crippen molar-refractivity contribution in [3.05, 3.63) is 47.8 Å². The highest BCUT2D eigenvalue weighted by molar-refractivity contribution is 7.90. The van der Waals surface area contributed by atoms with E-state index in [0.29, 0.717) is 6.42 Å². The smallest absolute Gasteiger partial charge is 0.286 e. The second-order valence-corrected chi connectivity index (χ2v) is 11.3. The second-order valence-electron chi connectivity index (χ2n) is 9.75. The van der Waals surface area contributed by atoms with E-state index in [-0.39, 0.29) is 45.4 Å². The molecular weight excluding hydrogens is 491 g/mol. The van der Waals surface area contributed by atoms with Crippen molar-refractivity contribution >= 4 is 44.8 Å². The van der Waals surface area contributed by atoms with Gasteiger partial charge in [-0.25, -0.2) is 4.39 Å². The van der Waals surface area contributed by atoms with Crippen molar-refractivity contribution < 1.29 is 31.9 Å². The second kappa shape index (κ2) is 9.01. The first kappa shape index (κ1) is 25.3. The number of hydrogen-bond acceptors (Lipinski definition) is 7.